The fourth-order valence-corrected chi connectivity index (χ4v) is 1.50. The monoisotopic (exact) mass is 222 g/mol. The maximum Gasteiger partial charge on any atom is 0.0362 e. The molecule has 0 saturated heterocycles. The third kappa shape index (κ3) is 6.46. The molecular weight excluding hydrogens is 196 g/mol. The summed E-state index contributed by atoms with van der Waals surface area (Å²) < 4.78 is 0. The average molecular weight is 222 g/mol. The van der Waals surface area contributed by atoms with Gasteiger partial charge in [0.2, 0.25) is 0 Å². The van der Waals surface area contributed by atoms with Gasteiger partial charge in [0.05, 0.1) is 0 Å². The van der Waals surface area contributed by atoms with Gasteiger partial charge in [0, 0.05) is 25.3 Å². The Morgan fingerprint density at radius 2 is 2.06 bits per heavy atom. The zero-order valence-electron chi connectivity index (χ0n) is 10.9. The van der Waals surface area contributed by atoms with Crippen LogP contribution in [0.25, 0.3) is 0 Å². The summed E-state index contributed by atoms with van der Waals surface area (Å²) >= 11 is 0. The summed E-state index contributed by atoms with van der Waals surface area (Å²) in [4.78, 5) is 2.39. The van der Waals surface area contributed by atoms with E-state index in [1.54, 1.807) is 0 Å². The SMILES string of the molecule is C\C=C/C(=C\C=C\CN)N(CC)CCCC. The van der Waals surface area contributed by atoms with Crippen molar-refractivity contribution in [1.82, 2.24) is 4.90 Å². The molecule has 16 heavy (non-hydrogen) atoms. The second-order valence-corrected chi connectivity index (χ2v) is 3.69. The van der Waals surface area contributed by atoms with Crippen molar-refractivity contribution in [1.29, 1.82) is 0 Å². The summed E-state index contributed by atoms with van der Waals surface area (Å²) in [5.74, 6) is 0. The number of likely N-dealkylation sites (N-methyl/N-ethyl adjacent to an activating group) is 1. The molecule has 2 nitrogen and oxygen atoms in total. The largest absolute Gasteiger partial charge is 0.372 e. The van der Waals surface area contributed by atoms with Gasteiger partial charge in [-0.15, -0.1) is 0 Å². The molecule has 0 amide bonds. The highest BCUT2D eigenvalue weighted by Gasteiger charge is 2.02. The standard InChI is InChI=1S/C14H26N2/c1-4-7-13-16(6-3)14(10-5-2)11-8-9-12-15/h5,8-11H,4,6-7,12-13,15H2,1-3H3/b9-8+,10-5-,14-11+. The summed E-state index contributed by atoms with van der Waals surface area (Å²) in [5.41, 5.74) is 6.70. The van der Waals surface area contributed by atoms with E-state index < -0.39 is 0 Å². The summed E-state index contributed by atoms with van der Waals surface area (Å²) in [6, 6.07) is 0. The number of allylic oxidation sites excluding steroid dienone is 4. The van der Waals surface area contributed by atoms with E-state index in [-0.39, 0.29) is 0 Å². The first kappa shape index (κ1) is 15.0. The minimum absolute atomic E-state index is 0.598. The Labute approximate surface area is 101 Å². The van der Waals surface area contributed by atoms with Gasteiger partial charge in [-0.05, 0) is 32.4 Å². The van der Waals surface area contributed by atoms with Crippen LogP contribution in [0.15, 0.2) is 36.1 Å². The molecule has 0 aliphatic heterocycles. The molecule has 2 heteroatoms. The predicted molar refractivity (Wildman–Crippen MR) is 73.2 cm³/mol. The van der Waals surface area contributed by atoms with Crippen molar-refractivity contribution in [3.8, 4) is 0 Å². The van der Waals surface area contributed by atoms with Crippen molar-refractivity contribution in [3.63, 3.8) is 0 Å². The van der Waals surface area contributed by atoms with Gasteiger partial charge < -0.3 is 10.6 Å². The molecule has 0 bridgehead atoms. The van der Waals surface area contributed by atoms with Crippen molar-refractivity contribution in [2.24, 2.45) is 5.73 Å². The minimum atomic E-state index is 0.598. The molecule has 0 aromatic carbocycles. The third-order valence-corrected chi connectivity index (χ3v) is 2.41. The molecule has 2 N–H and O–H groups in total. The Morgan fingerprint density at radius 3 is 2.56 bits per heavy atom. The first-order valence-corrected chi connectivity index (χ1v) is 6.24. The fourth-order valence-electron chi connectivity index (χ4n) is 1.50. The van der Waals surface area contributed by atoms with E-state index in [0.717, 1.165) is 13.1 Å². The lowest BCUT2D eigenvalue weighted by atomic mass is 10.2. The van der Waals surface area contributed by atoms with Gasteiger partial charge in [-0.3, -0.25) is 0 Å². The highest BCUT2D eigenvalue weighted by Crippen LogP contribution is 2.08. The van der Waals surface area contributed by atoms with Crippen LogP contribution in [-0.4, -0.2) is 24.5 Å². The van der Waals surface area contributed by atoms with Crippen LogP contribution in [0.4, 0.5) is 0 Å². The van der Waals surface area contributed by atoms with Crippen LogP contribution in [0.2, 0.25) is 0 Å². The van der Waals surface area contributed by atoms with Crippen molar-refractivity contribution in [2.45, 2.75) is 33.6 Å². The Hall–Kier alpha value is -1.02. The number of unbranched alkanes of at least 4 members (excludes halogenated alkanes) is 1. The van der Waals surface area contributed by atoms with Gasteiger partial charge in [0.15, 0.2) is 0 Å². The summed E-state index contributed by atoms with van der Waals surface area (Å²) in [5, 5.41) is 0. The zero-order chi connectivity index (χ0) is 12.2. The van der Waals surface area contributed by atoms with Crippen LogP contribution < -0.4 is 5.73 Å². The van der Waals surface area contributed by atoms with Crippen LogP contribution in [0, 0.1) is 0 Å². The number of nitrogens with zero attached hydrogens (tertiary/aromatic N) is 1. The van der Waals surface area contributed by atoms with Gasteiger partial charge in [0.25, 0.3) is 0 Å². The first-order valence-electron chi connectivity index (χ1n) is 6.24. The quantitative estimate of drug-likeness (QED) is 0.639. The lowest BCUT2D eigenvalue weighted by Gasteiger charge is -2.23. The number of hydrogen-bond acceptors (Lipinski definition) is 2. The average Bonchev–Trinajstić information content (AvgIpc) is 2.30. The topological polar surface area (TPSA) is 29.3 Å². The Kier molecular flexibility index (Phi) is 9.83. The van der Waals surface area contributed by atoms with Crippen LogP contribution >= 0.6 is 0 Å². The molecule has 0 heterocycles. The van der Waals surface area contributed by atoms with Crippen molar-refractivity contribution in [2.75, 3.05) is 19.6 Å². The molecule has 0 rings (SSSR count). The maximum atomic E-state index is 5.43. The number of rotatable bonds is 8. The van der Waals surface area contributed by atoms with Crippen LogP contribution in [-0.2, 0) is 0 Å². The molecule has 0 aromatic heterocycles. The van der Waals surface area contributed by atoms with Crippen LogP contribution in [0.1, 0.15) is 33.6 Å². The van der Waals surface area contributed by atoms with Gasteiger partial charge in [-0.1, -0.05) is 31.6 Å². The zero-order valence-corrected chi connectivity index (χ0v) is 10.9. The summed E-state index contributed by atoms with van der Waals surface area (Å²) in [7, 11) is 0. The third-order valence-electron chi connectivity index (χ3n) is 2.41. The summed E-state index contributed by atoms with van der Waals surface area (Å²) in [6.07, 6.45) is 12.8. The predicted octanol–water partition coefficient (Wildman–Crippen LogP) is 3.08. The Morgan fingerprint density at radius 1 is 1.31 bits per heavy atom. The molecule has 0 unspecified atom stereocenters. The fraction of sp³-hybridized carbons (Fsp3) is 0.571. The second-order valence-electron chi connectivity index (χ2n) is 3.69. The van der Waals surface area contributed by atoms with E-state index in [1.165, 1.54) is 18.5 Å². The lowest BCUT2D eigenvalue weighted by molar-refractivity contribution is 0.365. The number of hydrogen-bond donors (Lipinski definition) is 1. The second kappa shape index (κ2) is 10.5. The first-order chi connectivity index (χ1) is 7.79. The van der Waals surface area contributed by atoms with Crippen molar-refractivity contribution < 1.29 is 0 Å². The van der Waals surface area contributed by atoms with E-state index in [9.17, 15) is 0 Å². The van der Waals surface area contributed by atoms with E-state index in [0.29, 0.717) is 6.54 Å². The van der Waals surface area contributed by atoms with Gasteiger partial charge in [-0.2, -0.15) is 0 Å². The molecule has 0 fully saturated rings. The Bertz CT molecular complexity index is 239. The molecule has 0 radical (unpaired) electrons. The van der Waals surface area contributed by atoms with Gasteiger partial charge >= 0.3 is 0 Å². The summed E-state index contributed by atoms with van der Waals surface area (Å²) in [6.45, 7) is 9.24. The van der Waals surface area contributed by atoms with E-state index in [2.05, 4.69) is 37.0 Å². The van der Waals surface area contributed by atoms with E-state index in [1.807, 2.05) is 19.1 Å². The highest BCUT2D eigenvalue weighted by molar-refractivity contribution is 5.22. The molecule has 92 valence electrons. The maximum absolute atomic E-state index is 5.43. The molecule has 0 spiro atoms. The normalized spacial score (nSPS) is 12.9. The molecule has 0 aliphatic rings. The van der Waals surface area contributed by atoms with Gasteiger partial charge in [-0.25, -0.2) is 0 Å². The van der Waals surface area contributed by atoms with Crippen molar-refractivity contribution >= 4 is 0 Å². The Balaban J connectivity index is 4.57. The lowest BCUT2D eigenvalue weighted by Crippen LogP contribution is -2.22. The van der Waals surface area contributed by atoms with E-state index >= 15 is 0 Å². The molecule has 0 aromatic rings. The molecule has 0 aliphatic carbocycles. The smallest absolute Gasteiger partial charge is 0.0362 e. The molecule has 0 saturated carbocycles. The number of nitrogens with two attached hydrogens (primary N) is 1. The van der Waals surface area contributed by atoms with E-state index in [4.69, 9.17) is 5.73 Å². The molecular formula is C14H26N2. The van der Waals surface area contributed by atoms with Crippen molar-refractivity contribution in [3.05, 3.63) is 36.1 Å². The van der Waals surface area contributed by atoms with Gasteiger partial charge in [0.1, 0.15) is 0 Å². The van der Waals surface area contributed by atoms with Crippen LogP contribution in [0.5, 0.6) is 0 Å². The highest BCUT2D eigenvalue weighted by atomic mass is 15.1. The molecule has 0 atom stereocenters. The minimum Gasteiger partial charge on any atom is -0.372 e. The van der Waals surface area contributed by atoms with Crippen LogP contribution in [0.3, 0.4) is 0 Å².